The van der Waals surface area contributed by atoms with Gasteiger partial charge in [-0.25, -0.2) is 0 Å². The normalized spacial score (nSPS) is 32.2. The van der Waals surface area contributed by atoms with Gasteiger partial charge in [-0.05, 0) is 0 Å². The van der Waals surface area contributed by atoms with Gasteiger partial charge in [0.05, 0.1) is 19.8 Å². The average Bonchev–Trinajstić information content (AvgIpc) is 2.73. The fourth-order valence-electron chi connectivity index (χ4n) is 1.25. The van der Waals surface area contributed by atoms with Crippen molar-refractivity contribution in [1.29, 1.82) is 0 Å². The molecule has 1 aliphatic heterocycles. The van der Waals surface area contributed by atoms with Crippen LogP contribution in [0.1, 0.15) is 0 Å². The molecule has 1 aliphatic rings. The standard InChI is InChI=1S/2C5H10O5/c6-2-5(9)4(8)3(7)1-10-5;6-1-3(8)5(10)4(9)2-7/h3-4,6-9H,1-2H2;3,5-8,10H,1-2H2/t3-,4+,5?;3-,5-/m11/s1. The minimum Gasteiger partial charge on any atom is -0.394 e. The van der Waals surface area contributed by atoms with E-state index in [0.717, 1.165) is 0 Å². The van der Waals surface area contributed by atoms with Crippen molar-refractivity contribution in [2.75, 3.05) is 26.4 Å². The molecule has 0 aliphatic carbocycles. The van der Waals surface area contributed by atoms with E-state index >= 15 is 0 Å². The number of rotatable bonds is 5. The average molecular weight is 300 g/mol. The molecule has 120 valence electrons. The van der Waals surface area contributed by atoms with Gasteiger partial charge in [0.15, 0.2) is 5.78 Å². The summed E-state index contributed by atoms with van der Waals surface area (Å²) in [7, 11) is 0. The fraction of sp³-hybridized carbons (Fsp3) is 0.900. The largest absolute Gasteiger partial charge is 0.394 e. The zero-order chi connectivity index (χ0) is 15.9. The molecule has 0 saturated carbocycles. The van der Waals surface area contributed by atoms with Gasteiger partial charge in [0.2, 0.25) is 5.79 Å². The Morgan fingerprint density at radius 2 is 1.80 bits per heavy atom. The van der Waals surface area contributed by atoms with Gasteiger partial charge in [0.1, 0.15) is 31.0 Å². The summed E-state index contributed by atoms with van der Waals surface area (Å²) in [5, 5.41) is 68.9. The quantitative estimate of drug-likeness (QED) is 0.243. The number of Topliss-reactive ketones (excluding diaryl/α,β-unsaturated/α-hetero) is 1. The van der Waals surface area contributed by atoms with Gasteiger partial charge in [-0.2, -0.15) is 0 Å². The summed E-state index contributed by atoms with van der Waals surface area (Å²) >= 11 is 0. The topological polar surface area (TPSA) is 188 Å². The molecule has 8 N–H and O–H groups in total. The van der Waals surface area contributed by atoms with E-state index in [0.29, 0.717) is 0 Å². The van der Waals surface area contributed by atoms with E-state index in [2.05, 4.69) is 4.74 Å². The smallest absolute Gasteiger partial charge is 0.218 e. The Morgan fingerprint density at radius 1 is 1.25 bits per heavy atom. The van der Waals surface area contributed by atoms with Gasteiger partial charge in [0, 0.05) is 0 Å². The van der Waals surface area contributed by atoms with Crippen molar-refractivity contribution in [1.82, 2.24) is 0 Å². The first-order valence-electron chi connectivity index (χ1n) is 5.67. The number of carbonyl (C=O) groups is 1. The lowest BCUT2D eigenvalue weighted by Crippen LogP contribution is -2.46. The van der Waals surface area contributed by atoms with E-state index < -0.39 is 55.8 Å². The lowest BCUT2D eigenvalue weighted by Gasteiger charge is -2.22. The van der Waals surface area contributed by atoms with Gasteiger partial charge in [0.25, 0.3) is 0 Å². The first-order chi connectivity index (χ1) is 9.23. The van der Waals surface area contributed by atoms with Crippen LogP contribution in [0.4, 0.5) is 0 Å². The molecular weight excluding hydrogens is 280 g/mol. The van der Waals surface area contributed by atoms with Crippen LogP contribution in [0.25, 0.3) is 0 Å². The monoisotopic (exact) mass is 300 g/mol. The fourth-order valence-corrected chi connectivity index (χ4v) is 1.25. The summed E-state index contributed by atoms with van der Waals surface area (Å²) in [6, 6.07) is 0. The molecule has 0 aromatic rings. The molecule has 0 aromatic carbocycles. The number of hydrogen-bond donors (Lipinski definition) is 8. The number of aliphatic hydroxyl groups is 8. The molecule has 0 aromatic heterocycles. The second-order valence-corrected chi connectivity index (χ2v) is 4.15. The molecule has 0 amide bonds. The number of ether oxygens (including phenoxy) is 1. The molecule has 0 radical (unpaired) electrons. The van der Waals surface area contributed by atoms with Gasteiger partial charge >= 0.3 is 0 Å². The van der Waals surface area contributed by atoms with Crippen molar-refractivity contribution < 1.29 is 50.4 Å². The SMILES string of the molecule is O=C(CO)[C@H](O)[C@H](O)CO.OCC1(O)OC[C@@H](O)[C@@H]1O. The highest BCUT2D eigenvalue weighted by atomic mass is 16.7. The lowest BCUT2D eigenvalue weighted by molar-refractivity contribution is -0.234. The maximum atomic E-state index is 10.3. The van der Waals surface area contributed by atoms with Crippen LogP contribution in [0, 0.1) is 0 Å². The van der Waals surface area contributed by atoms with Crippen LogP contribution < -0.4 is 0 Å². The third-order valence-electron chi connectivity index (χ3n) is 2.59. The third kappa shape index (κ3) is 5.01. The molecule has 5 atom stereocenters. The molecule has 1 saturated heterocycles. The molecule has 1 rings (SSSR count). The summed E-state index contributed by atoms with van der Waals surface area (Å²) in [5.74, 6) is -2.87. The van der Waals surface area contributed by atoms with E-state index in [1.807, 2.05) is 0 Å². The number of hydrogen-bond acceptors (Lipinski definition) is 10. The summed E-state index contributed by atoms with van der Waals surface area (Å²) in [5.41, 5.74) is 0. The molecule has 1 heterocycles. The summed E-state index contributed by atoms with van der Waals surface area (Å²) in [6.07, 6.45) is -5.72. The first kappa shape index (κ1) is 19.3. The zero-order valence-electron chi connectivity index (χ0n) is 10.5. The van der Waals surface area contributed by atoms with Gasteiger partial charge in [-0.15, -0.1) is 0 Å². The molecule has 0 spiro atoms. The molecule has 0 bridgehead atoms. The second kappa shape index (κ2) is 8.56. The maximum Gasteiger partial charge on any atom is 0.218 e. The second-order valence-electron chi connectivity index (χ2n) is 4.15. The van der Waals surface area contributed by atoms with Crippen LogP contribution in [0.5, 0.6) is 0 Å². The highest BCUT2D eigenvalue weighted by Gasteiger charge is 2.47. The molecule has 20 heavy (non-hydrogen) atoms. The van der Waals surface area contributed by atoms with Crippen LogP contribution in [0.3, 0.4) is 0 Å². The van der Waals surface area contributed by atoms with Crippen molar-refractivity contribution in [3.05, 3.63) is 0 Å². The third-order valence-corrected chi connectivity index (χ3v) is 2.59. The Hall–Kier alpha value is -0.690. The van der Waals surface area contributed by atoms with Crippen molar-refractivity contribution in [3.63, 3.8) is 0 Å². The Labute approximate surface area is 114 Å². The minimum absolute atomic E-state index is 0.155. The van der Waals surface area contributed by atoms with Gasteiger partial charge in [-0.1, -0.05) is 0 Å². The lowest BCUT2D eigenvalue weighted by atomic mass is 10.1. The molecular formula is C10H20O10. The Balaban J connectivity index is 0.000000361. The van der Waals surface area contributed by atoms with Crippen molar-refractivity contribution in [2.24, 2.45) is 0 Å². The van der Waals surface area contributed by atoms with E-state index in [-0.39, 0.29) is 6.61 Å². The van der Waals surface area contributed by atoms with Crippen LogP contribution in [0.15, 0.2) is 0 Å². The van der Waals surface area contributed by atoms with Crippen LogP contribution in [0.2, 0.25) is 0 Å². The van der Waals surface area contributed by atoms with E-state index in [9.17, 15) is 4.79 Å². The zero-order valence-corrected chi connectivity index (χ0v) is 10.5. The number of ketones is 1. The maximum absolute atomic E-state index is 10.3. The number of carbonyl (C=O) groups excluding carboxylic acids is 1. The molecule has 1 fully saturated rings. The number of aliphatic hydroxyl groups excluding tert-OH is 7. The van der Waals surface area contributed by atoms with Crippen LogP contribution in [-0.2, 0) is 9.53 Å². The first-order valence-corrected chi connectivity index (χ1v) is 5.67. The Morgan fingerprint density at radius 3 is 2.05 bits per heavy atom. The van der Waals surface area contributed by atoms with Crippen molar-refractivity contribution in [3.8, 4) is 0 Å². The summed E-state index contributed by atoms with van der Waals surface area (Å²) in [4.78, 5) is 10.3. The highest BCUT2D eigenvalue weighted by molar-refractivity contribution is 5.84. The van der Waals surface area contributed by atoms with Crippen LogP contribution in [-0.4, -0.2) is 103 Å². The van der Waals surface area contributed by atoms with Crippen molar-refractivity contribution in [2.45, 2.75) is 30.2 Å². The van der Waals surface area contributed by atoms with E-state index in [1.54, 1.807) is 0 Å². The molecule has 10 nitrogen and oxygen atoms in total. The Kier molecular flexibility index (Phi) is 8.27. The summed E-state index contributed by atoms with van der Waals surface area (Å²) in [6.45, 7) is -2.41. The van der Waals surface area contributed by atoms with E-state index in [1.165, 1.54) is 0 Å². The van der Waals surface area contributed by atoms with Gasteiger partial charge < -0.3 is 45.6 Å². The van der Waals surface area contributed by atoms with Gasteiger partial charge in [-0.3, -0.25) is 4.79 Å². The molecule has 10 heteroatoms. The minimum atomic E-state index is -1.97. The van der Waals surface area contributed by atoms with Crippen LogP contribution >= 0.6 is 0 Å². The predicted molar refractivity (Wildman–Crippen MR) is 61.2 cm³/mol. The Bertz CT molecular complexity index is 298. The van der Waals surface area contributed by atoms with Crippen molar-refractivity contribution >= 4 is 5.78 Å². The van der Waals surface area contributed by atoms with E-state index in [4.69, 9.17) is 40.9 Å². The highest BCUT2D eigenvalue weighted by Crippen LogP contribution is 2.22. The molecule has 1 unspecified atom stereocenters. The predicted octanol–water partition coefficient (Wildman–Crippen LogP) is -5.32. The summed E-state index contributed by atoms with van der Waals surface area (Å²) < 4.78 is 4.52.